The van der Waals surface area contributed by atoms with Crippen molar-refractivity contribution >= 4 is 70.9 Å². The number of hydrogen-bond acceptors (Lipinski definition) is 1. The van der Waals surface area contributed by atoms with Crippen LogP contribution in [0.4, 0.5) is 17.1 Å². The molecule has 0 aliphatic heterocycles. The fraction of sp³-hybridized carbons (Fsp3) is 0. The van der Waals surface area contributed by atoms with Crippen LogP contribution in [0.2, 0.25) is 0 Å². The van der Waals surface area contributed by atoms with Crippen LogP contribution < -0.4 is 4.90 Å². The molecule has 0 amide bonds. The van der Waals surface area contributed by atoms with Crippen molar-refractivity contribution < 1.29 is 0 Å². The first-order chi connectivity index (χ1) is 34.2. The highest BCUT2D eigenvalue weighted by Gasteiger charge is 2.20. The summed E-state index contributed by atoms with van der Waals surface area (Å²) in [6.07, 6.45) is 0. The molecule has 0 radical (unpaired) electrons. The first-order valence-electron chi connectivity index (χ1n) is 23.8. The topological polar surface area (TPSA) is 3.24 Å². The van der Waals surface area contributed by atoms with E-state index in [1.807, 2.05) is 0 Å². The lowest BCUT2D eigenvalue weighted by Crippen LogP contribution is -2.10. The monoisotopic (exact) mass is 875 g/mol. The van der Waals surface area contributed by atoms with E-state index < -0.39 is 0 Å². The van der Waals surface area contributed by atoms with E-state index in [1.165, 1.54) is 104 Å². The molecular formula is C68H45N. The van der Waals surface area contributed by atoms with Gasteiger partial charge >= 0.3 is 0 Å². The van der Waals surface area contributed by atoms with Crippen molar-refractivity contribution in [3.05, 3.63) is 273 Å². The zero-order valence-corrected chi connectivity index (χ0v) is 37.9. The van der Waals surface area contributed by atoms with Gasteiger partial charge in [-0.2, -0.15) is 0 Å². The molecule has 69 heavy (non-hydrogen) atoms. The third-order valence-corrected chi connectivity index (χ3v) is 14.0. The Balaban J connectivity index is 0.989. The molecule has 0 fully saturated rings. The summed E-state index contributed by atoms with van der Waals surface area (Å²) in [4.78, 5) is 2.41. The first-order valence-corrected chi connectivity index (χ1v) is 23.8. The molecule has 322 valence electrons. The van der Waals surface area contributed by atoms with Crippen LogP contribution in [0.25, 0.3) is 109 Å². The summed E-state index contributed by atoms with van der Waals surface area (Å²) in [5, 5.41) is 12.5. The Morgan fingerprint density at radius 1 is 0.188 bits per heavy atom. The Morgan fingerprint density at radius 3 is 1.36 bits per heavy atom. The molecule has 0 aliphatic carbocycles. The minimum Gasteiger partial charge on any atom is -0.310 e. The fourth-order valence-corrected chi connectivity index (χ4v) is 10.8. The van der Waals surface area contributed by atoms with E-state index in [0.29, 0.717) is 0 Å². The summed E-state index contributed by atoms with van der Waals surface area (Å²) in [6, 6.07) is 100. The van der Waals surface area contributed by atoms with Crippen molar-refractivity contribution in [1.29, 1.82) is 0 Å². The average molecular weight is 876 g/mol. The van der Waals surface area contributed by atoms with E-state index >= 15 is 0 Å². The molecule has 13 aromatic rings. The van der Waals surface area contributed by atoms with Gasteiger partial charge in [-0.15, -0.1) is 0 Å². The van der Waals surface area contributed by atoms with Gasteiger partial charge in [0.1, 0.15) is 0 Å². The van der Waals surface area contributed by atoms with Gasteiger partial charge in [-0.1, -0.05) is 224 Å². The minimum absolute atomic E-state index is 1.08. The molecule has 1 nitrogen and oxygen atoms in total. The summed E-state index contributed by atoms with van der Waals surface area (Å²) in [6.45, 7) is 0. The Bertz CT molecular complexity index is 4050. The second-order valence-electron chi connectivity index (χ2n) is 18.0. The molecule has 0 N–H and O–H groups in total. The fourth-order valence-electron chi connectivity index (χ4n) is 10.8. The molecule has 0 aliphatic rings. The maximum Gasteiger partial charge on any atom is 0.0467 e. The Kier molecular flexibility index (Phi) is 9.91. The van der Waals surface area contributed by atoms with Crippen LogP contribution in [0.1, 0.15) is 0 Å². The van der Waals surface area contributed by atoms with Crippen molar-refractivity contribution in [1.82, 2.24) is 0 Å². The Labute approximate surface area is 402 Å². The summed E-state index contributed by atoms with van der Waals surface area (Å²) in [7, 11) is 0. The van der Waals surface area contributed by atoms with Gasteiger partial charge in [0.25, 0.3) is 0 Å². The van der Waals surface area contributed by atoms with E-state index in [4.69, 9.17) is 0 Å². The van der Waals surface area contributed by atoms with Gasteiger partial charge in [0.15, 0.2) is 0 Å². The molecule has 0 atom stereocenters. The van der Waals surface area contributed by atoms with Crippen molar-refractivity contribution in [2.45, 2.75) is 0 Å². The van der Waals surface area contributed by atoms with Gasteiger partial charge in [-0.25, -0.2) is 0 Å². The minimum atomic E-state index is 1.08. The van der Waals surface area contributed by atoms with Crippen molar-refractivity contribution in [2.75, 3.05) is 4.90 Å². The third-order valence-electron chi connectivity index (χ3n) is 14.0. The average Bonchev–Trinajstić information content (AvgIpc) is 3.43. The molecular weight excluding hydrogens is 831 g/mol. The number of hydrogen-bond donors (Lipinski definition) is 0. The summed E-state index contributed by atoms with van der Waals surface area (Å²) < 4.78 is 0. The van der Waals surface area contributed by atoms with Gasteiger partial charge in [0.2, 0.25) is 0 Å². The molecule has 1 heteroatoms. The second kappa shape index (κ2) is 17.0. The van der Waals surface area contributed by atoms with E-state index in [9.17, 15) is 0 Å². The molecule has 0 bridgehead atoms. The van der Waals surface area contributed by atoms with Crippen LogP contribution in [0.3, 0.4) is 0 Å². The van der Waals surface area contributed by atoms with Crippen LogP contribution in [0, 0.1) is 0 Å². The highest BCUT2D eigenvalue weighted by molar-refractivity contribution is 6.22. The van der Waals surface area contributed by atoms with Crippen molar-refractivity contribution in [2.24, 2.45) is 0 Å². The van der Waals surface area contributed by atoms with Gasteiger partial charge in [0, 0.05) is 17.1 Å². The second-order valence-corrected chi connectivity index (χ2v) is 18.0. The van der Waals surface area contributed by atoms with E-state index in [2.05, 4.69) is 278 Å². The summed E-state index contributed by atoms with van der Waals surface area (Å²) in [5.41, 5.74) is 15.3. The first kappa shape index (κ1) is 40.3. The van der Waals surface area contributed by atoms with Gasteiger partial charge in [0.05, 0.1) is 0 Å². The normalized spacial score (nSPS) is 11.5. The van der Waals surface area contributed by atoms with Gasteiger partial charge in [-0.3, -0.25) is 0 Å². The summed E-state index contributed by atoms with van der Waals surface area (Å²) >= 11 is 0. The van der Waals surface area contributed by atoms with Crippen LogP contribution >= 0.6 is 0 Å². The molecule has 13 rings (SSSR count). The van der Waals surface area contributed by atoms with Crippen molar-refractivity contribution in [3.63, 3.8) is 0 Å². The van der Waals surface area contributed by atoms with Crippen LogP contribution in [-0.4, -0.2) is 0 Å². The number of benzene rings is 13. The maximum atomic E-state index is 2.42. The molecule has 0 aromatic heterocycles. The van der Waals surface area contributed by atoms with Crippen LogP contribution in [0.15, 0.2) is 273 Å². The summed E-state index contributed by atoms with van der Waals surface area (Å²) in [5.74, 6) is 0. The quantitative estimate of drug-likeness (QED) is 0.138. The lowest BCUT2D eigenvalue weighted by atomic mass is 9.84. The highest BCUT2D eigenvalue weighted by Crippen LogP contribution is 2.47. The molecule has 0 spiro atoms. The third kappa shape index (κ3) is 7.12. The standard InChI is InChI=1S/C68H45N/c1-3-19-48(20-4-1)67-64-34-14-13-32-61(64)63-41-38-51(44-66(63)68(67)49-21-5-2-6-22-49)50-25-15-27-55(42-50)69(56-28-16-26-52(43-56)58-35-17-24-46-18-7-9-29-57(46)58)54-39-36-47(37-40-54)65-45-53-23-8-10-30-59(53)60-31-11-12-33-62(60)65/h1-45H. The number of nitrogens with zero attached hydrogens (tertiary/aromatic N) is 1. The van der Waals surface area contributed by atoms with E-state index in [0.717, 1.165) is 22.6 Å². The van der Waals surface area contributed by atoms with E-state index in [-0.39, 0.29) is 0 Å². The molecule has 0 saturated heterocycles. The number of anilines is 3. The largest absolute Gasteiger partial charge is 0.310 e. The SMILES string of the molecule is c1ccc(-c2c(-c3ccccc3)c3cc(-c4cccc(N(c5ccc(-c6cc7ccccc7c7ccccc67)cc5)c5cccc(-c6cccc7ccccc67)c5)c4)ccc3c3ccccc23)cc1. The highest BCUT2D eigenvalue weighted by atomic mass is 15.1. The predicted octanol–water partition coefficient (Wildman–Crippen LogP) is 19.3. The number of rotatable bonds is 8. The predicted molar refractivity (Wildman–Crippen MR) is 296 cm³/mol. The zero-order chi connectivity index (χ0) is 45.7. The number of fused-ring (bicyclic) bond motifs is 7. The van der Waals surface area contributed by atoms with Crippen LogP contribution in [-0.2, 0) is 0 Å². The Morgan fingerprint density at radius 2 is 0.652 bits per heavy atom. The molecule has 13 aromatic carbocycles. The molecule has 0 saturated carbocycles. The zero-order valence-electron chi connectivity index (χ0n) is 37.9. The lowest BCUT2D eigenvalue weighted by Gasteiger charge is -2.27. The molecule has 0 heterocycles. The van der Waals surface area contributed by atoms with Gasteiger partial charge in [-0.05, 0) is 158 Å². The maximum absolute atomic E-state index is 2.42. The van der Waals surface area contributed by atoms with E-state index in [1.54, 1.807) is 0 Å². The van der Waals surface area contributed by atoms with Gasteiger partial charge < -0.3 is 4.90 Å². The molecule has 0 unspecified atom stereocenters. The Hall–Kier alpha value is -9.04. The van der Waals surface area contributed by atoms with Crippen molar-refractivity contribution in [3.8, 4) is 55.6 Å². The van der Waals surface area contributed by atoms with Crippen LogP contribution in [0.5, 0.6) is 0 Å². The lowest BCUT2D eigenvalue weighted by molar-refractivity contribution is 1.28. The smallest absolute Gasteiger partial charge is 0.0467 e.